The predicted molar refractivity (Wildman–Crippen MR) is 75.8 cm³/mol. The van der Waals surface area contributed by atoms with Gasteiger partial charge in [-0.05, 0) is 25.3 Å². The molecule has 17 heavy (non-hydrogen) atoms. The first kappa shape index (κ1) is 13.1. The molecule has 2 unspecified atom stereocenters. The van der Waals surface area contributed by atoms with Gasteiger partial charge in [0.1, 0.15) is 0 Å². The molecule has 1 aromatic heterocycles. The van der Waals surface area contributed by atoms with Gasteiger partial charge in [-0.15, -0.1) is 11.3 Å². The van der Waals surface area contributed by atoms with Crippen LogP contribution in [-0.2, 0) is 5.41 Å². The van der Waals surface area contributed by atoms with Crippen molar-refractivity contribution < 1.29 is 0 Å². The highest BCUT2D eigenvalue weighted by Crippen LogP contribution is 2.29. The number of nitrogens with zero attached hydrogens (tertiary/aromatic N) is 1. The summed E-state index contributed by atoms with van der Waals surface area (Å²) >= 11 is 1.88. The van der Waals surface area contributed by atoms with Crippen LogP contribution >= 0.6 is 11.3 Å². The average Bonchev–Trinajstić information content (AvgIpc) is 2.77. The van der Waals surface area contributed by atoms with Crippen molar-refractivity contribution in [3.63, 3.8) is 0 Å². The van der Waals surface area contributed by atoms with Crippen LogP contribution in [0.1, 0.15) is 32.6 Å². The predicted octanol–water partition coefficient (Wildman–Crippen LogP) is 2.71. The number of thiophene rings is 1. The third kappa shape index (κ3) is 3.09. The first-order valence-electron chi connectivity index (χ1n) is 6.50. The summed E-state index contributed by atoms with van der Waals surface area (Å²) in [6.07, 6.45) is 0. The Morgan fingerprint density at radius 2 is 2.24 bits per heavy atom. The summed E-state index contributed by atoms with van der Waals surface area (Å²) in [4.78, 5) is 4.12. The molecule has 3 heteroatoms. The van der Waals surface area contributed by atoms with Crippen molar-refractivity contribution in [3.05, 3.63) is 22.4 Å². The van der Waals surface area contributed by atoms with Gasteiger partial charge in [-0.3, -0.25) is 4.90 Å². The van der Waals surface area contributed by atoms with Gasteiger partial charge in [0, 0.05) is 42.0 Å². The van der Waals surface area contributed by atoms with E-state index in [1.165, 1.54) is 4.88 Å². The molecule has 0 radical (unpaired) electrons. The molecule has 0 aliphatic carbocycles. The van der Waals surface area contributed by atoms with Gasteiger partial charge in [-0.2, -0.15) is 0 Å². The lowest BCUT2D eigenvalue weighted by Crippen LogP contribution is -2.56. The fourth-order valence-corrected chi connectivity index (χ4v) is 3.41. The van der Waals surface area contributed by atoms with Crippen LogP contribution in [-0.4, -0.2) is 36.6 Å². The molecular formula is C14H24N2S. The molecular weight excluding hydrogens is 228 g/mol. The normalized spacial score (nSPS) is 27.3. The SMILES string of the molecule is CC1CN(CC(C)(C)c2cccs2)C(C)CN1. The Balaban J connectivity index is 2.04. The second-order valence-corrected chi connectivity index (χ2v) is 6.90. The molecule has 1 aromatic rings. The fraction of sp³-hybridized carbons (Fsp3) is 0.714. The van der Waals surface area contributed by atoms with Crippen molar-refractivity contribution in [1.29, 1.82) is 0 Å². The molecule has 0 aromatic carbocycles. The zero-order chi connectivity index (χ0) is 12.5. The lowest BCUT2D eigenvalue weighted by molar-refractivity contribution is 0.121. The topological polar surface area (TPSA) is 15.3 Å². The van der Waals surface area contributed by atoms with Crippen molar-refractivity contribution in [3.8, 4) is 0 Å². The van der Waals surface area contributed by atoms with E-state index in [-0.39, 0.29) is 5.41 Å². The number of hydrogen-bond acceptors (Lipinski definition) is 3. The molecule has 0 saturated carbocycles. The zero-order valence-corrected chi connectivity index (χ0v) is 12.2. The maximum Gasteiger partial charge on any atom is 0.0193 e. The molecule has 0 amide bonds. The highest BCUT2D eigenvalue weighted by atomic mass is 32.1. The fourth-order valence-electron chi connectivity index (χ4n) is 2.57. The molecule has 0 spiro atoms. The quantitative estimate of drug-likeness (QED) is 0.890. The summed E-state index contributed by atoms with van der Waals surface area (Å²) in [7, 11) is 0. The third-order valence-corrected chi connectivity index (χ3v) is 4.92. The van der Waals surface area contributed by atoms with Crippen molar-refractivity contribution in [2.24, 2.45) is 0 Å². The highest BCUT2D eigenvalue weighted by Gasteiger charge is 2.30. The Bertz CT molecular complexity index is 345. The number of piperazine rings is 1. The lowest BCUT2D eigenvalue weighted by Gasteiger charge is -2.41. The van der Waals surface area contributed by atoms with Crippen LogP contribution in [0.5, 0.6) is 0 Å². The first-order valence-corrected chi connectivity index (χ1v) is 7.38. The number of hydrogen-bond donors (Lipinski definition) is 1. The molecule has 1 saturated heterocycles. The minimum absolute atomic E-state index is 0.263. The van der Waals surface area contributed by atoms with Crippen molar-refractivity contribution in [2.75, 3.05) is 19.6 Å². The Hall–Kier alpha value is -0.380. The maximum absolute atomic E-state index is 3.54. The molecule has 1 N–H and O–H groups in total. The maximum atomic E-state index is 3.54. The van der Waals surface area contributed by atoms with Gasteiger partial charge in [0.2, 0.25) is 0 Å². The molecule has 2 rings (SSSR count). The molecule has 2 heterocycles. The minimum atomic E-state index is 0.263. The van der Waals surface area contributed by atoms with Crippen molar-refractivity contribution in [2.45, 2.75) is 45.2 Å². The Morgan fingerprint density at radius 1 is 1.47 bits per heavy atom. The molecule has 2 nitrogen and oxygen atoms in total. The van der Waals surface area contributed by atoms with E-state index in [1.54, 1.807) is 0 Å². The van der Waals surface area contributed by atoms with E-state index < -0.39 is 0 Å². The lowest BCUT2D eigenvalue weighted by atomic mass is 9.89. The summed E-state index contributed by atoms with van der Waals surface area (Å²) in [6, 6.07) is 5.68. The van der Waals surface area contributed by atoms with E-state index in [0.29, 0.717) is 12.1 Å². The molecule has 0 bridgehead atoms. The largest absolute Gasteiger partial charge is 0.311 e. The van der Waals surface area contributed by atoms with Gasteiger partial charge >= 0.3 is 0 Å². The van der Waals surface area contributed by atoms with Gasteiger partial charge in [0.25, 0.3) is 0 Å². The molecule has 96 valence electrons. The highest BCUT2D eigenvalue weighted by molar-refractivity contribution is 7.10. The van der Waals surface area contributed by atoms with E-state index in [9.17, 15) is 0 Å². The van der Waals surface area contributed by atoms with Gasteiger partial charge in [0.05, 0.1) is 0 Å². The molecule has 2 atom stereocenters. The van der Waals surface area contributed by atoms with E-state index in [2.05, 4.69) is 55.4 Å². The minimum Gasteiger partial charge on any atom is -0.311 e. The smallest absolute Gasteiger partial charge is 0.0193 e. The van der Waals surface area contributed by atoms with E-state index in [1.807, 2.05) is 11.3 Å². The van der Waals surface area contributed by atoms with E-state index >= 15 is 0 Å². The van der Waals surface area contributed by atoms with Crippen molar-refractivity contribution in [1.82, 2.24) is 10.2 Å². The summed E-state index contributed by atoms with van der Waals surface area (Å²) in [5.74, 6) is 0. The Labute approximate surface area is 109 Å². The van der Waals surface area contributed by atoms with Crippen LogP contribution in [0.3, 0.4) is 0 Å². The van der Waals surface area contributed by atoms with Crippen LogP contribution in [0.2, 0.25) is 0 Å². The van der Waals surface area contributed by atoms with Gasteiger partial charge in [-0.25, -0.2) is 0 Å². The molecule has 1 aliphatic heterocycles. The average molecular weight is 252 g/mol. The molecule has 1 fully saturated rings. The van der Waals surface area contributed by atoms with Crippen LogP contribution in [0.15, 0.2) is 17.5 Å². The second kappa shape index (κ2) is 5.09. The van der Waals surface area contributed by atoms with E-state index in [0.717, 1.165) is 19.6 Å². The number of nitrogens with one attached hydrogen (secondary N) is 1. The van der Waals surface area contributed by atoms with Crippen LogP contribution in [0, 0.1) is 0 Å². The Morgan fingerprint density at radius 3 is 2.88 bits per heavy atom. The first-order chi connectivity index (χ1) is 7.99. The monoisotopic (exact) mass is 252 g/mol. The summed E-state index contributed by atoms with van der Waals surface area (Å²) in [5, 5.41) is 5.72. The summed E-state index contributed by atoms with van der Waals surface area (Å²) in [6.45, 7) is 12.7. The van der Waals surface area contributed by atoms with Gasteiger partial charge in [-0.1, -0.05) is 19.9 Å². The third-order valence-electron chi connectivity index (χ3n) is 3.68. The van der Waals surface area contributed by atoms with Crippen LogP contribution in [0.25, 0.3) is 0 Å². The van der Waals surface area contributed by atoms with Crippen LogP contribution in [0.4, 0.5) is 0 Å². The van der Waals surface area contributed by atoms with Gasteiger partial charge in [0.15, 0.2) is 0 Å². The second-order valence-electron chi connectivity index (χ2n) is 5.95. The standard InChI is InChI=1S/C14H24N2S/c1-11-9-16(12(2)8-15-11)10-14(3,4)13-6-5-7-17-13/h5-7,11-12,15H,8-10H2,1-4H3. The molecule has 1 aliphatic rings. The zero-order valence-electron chi connectivity index (χ0n) is 11.4. The Kier molecular flexibility index (Phi) is 3.91. The number of rotatable bonds is 3. The summed E-state index contributed by atoms with van der Waals surface area (Å²) < 4.78 is 0. The van der Waals surface area contributed by atoms with E-state index in [4.69, 9.17) is 0 Å². The van der Waals surface area contributed by atoms with Gasteiger partial charge < -0.3 is 5.32 Å². The summed E-state index contributed by atoms with van der Waals surface area (Å²) in [5.41, 5.74) is 0.263. The van der Waals surface area contributed by atoms with Crippen molar-refractivity contribution >= 4 is 11.3 Å². The van der Waals surface area contributed by atoms with Crippen LogP contribution < -0.4 is 5.32 Å².